The third-order valence-electron chi connectivity index (χ3n) is 2.80. The molecule has 1 rings (SSSR count). The van der Waals surface area contributed by atoms with E-state index in [0.29, 0.717) is 19.1 Å². The van der Waals surface area contributed by atoms with Gasteiger partial charge in [-0.3, -0.25) is 10.3 Å². The first kappa shape index (κ1) is 13.7. The number of nitrogens with two attached hydrogens (primary N) is 1. The van der Waals surface area contributed by atoms with Gasteiger partial charge in [-0.15, -0.1) is 0 Å². The molecule has 1 aromatic rings. The van der Waals surface area contributed by atoms with Gasteiger partial charge in [-0.25, -0.2) is 0 Å². The first-order chi connectivity index (χ1) is 8.06. The van der Waals surface area contributed by atoms with Crippen LogP contribution in [0.2, 0.25) is 0 Å². The van der Waals surface area contributed by atoms with E-state index in [4.69, 9.17) is 16.2 Å². The Balaban J connectivity index is 2.88. The number of nitrogen functional groups attached to an aromatic ring is 1. The monoisotopic (exact) mass is 235 g/mol. The van der Waals surface area contributed by atoms with Crippen molar-refractivity contribution in [2.75, 3.05) is 13.2 Å². The third kappa shape index (κ3) is 3.84. The highest BCUT2D eigenvalue weighted by Gasteiger charge is 2.12. The molecule has 0 saturated heterocycles. The minimum absolute atomic E-state index is 0.0910. The fourth-order valence-corrected chi connectivity index (χ4v) is 1.79. The molecular formula is C13H21N3O. The van der Waals surface area contributed by atoms with E-state index < -0.39 is 0 Å². The fraction of sp³-hybridized carbons (Fsp3) is 0.462. The molecule has 0 aliphatic rings. The van der Waals surface area contributed by atoms with Crippen LogP contribution in [-0.2, 0) is 6.54 Å². The SMILES string of the molecule is CC(C)N(CCO)Cc1ccccc1C(=N)N. The highest BCUT2D eigenvalue weighted by atomic mass is 16.3. The molecule has 0 bridgehead atoms. The predicted molar refractivity (Wildman–Crippen MR) is 70.1 cm³/mol. The highest BCUT2D eigenvalue weighted by molar-refractivity contribution is 5.96. The van der Waals surface area contributed by atoms with Gasteiger partial charge in [0.15, 0.2) is 0 Å². The van der Waals surface area contributed by atoms with Crippen LogP contribution in [0.3, 0.4) is 0 Å². The van der Waals surface area contributed by atoms with Crippen LogP contribution in [-0.4, -0.2) is 35.0 Å². The van der Waals surface area contributed by atoms with Crippen LogP contribution in [0.15, 0.2) is 24.3 Å². The Hall–Kier alpha value is -1.39. The molecule has 0 atom stereocenters. The van der Waals surface area contributed by atoms with E-state index in [1.165, 1.54) is 0 Å². The molecule has 0 unspecified atom stereocenters. The van der Waals surface area contributed by atoms with E-state index in [2.05, 4.69) is 18.7 Å². The maximum Gasteiger partial charge on any atom is 0.123 e. The van der Waals surface area contributed by atoms with Gasteiger partial charge in [0.1, 0.15) is 5.84 Å². The number of aliphatic hydroxyl groups is 1. The van der Waals surface area contributed by atoms with E-state index in [1.54, 1.807) is 0 Å². The molecule has 0 spiro atoms. The number of aliphatic hydroxyl groups excluding tert-OH is 1. The van der Waals surface area contributed by atoms with Gasteiger partial charge in [-0.05, 0) is 19.4 Å². The second kappa shape index (κ2) is 6.37. The molecule has 0 aliphatic heterocycles. The van der Waals surface area contributed by atoms with E-state index >= 15 is 0 Å². The maximum atomic E-state index is 9.03. The van der Waals surface area contributed by atoms with Crippen molar-refractivity contribution >= 4 is 5.84 Å². The molecule has 0 radical (unpaired) electrons. The summed E-state index contributed by atoms with van der Waals surface area (Å²) < 4.78 is 0. The summed E-state index contributed by atoms with van der Waals surface area (Å²) in [5.74, 6) is 0.0910. The third-order valence-corrected chi connectivity index (χ3v) is 2.80. The fourth-order valence-electron chi connectivity index (χ4n) is 1.79. The van der Waals surface area contributed by atoms with Gasteiger partial charge < -0.3 is 10.8 Å². The van der Waals surface area contributed by atoms with Crippen molar-refractivity contribution < 1.29 is 5.11 Å². The standard InChI is InChI=1S/C13H21N3O/c1-10(2)16(7-8-17)9-11-5-3-4-6-12(11)13(14)15/h3-6,10,17H,7-9H2,1-2H3,(H3,14,15). The molecule has 4 heteroatoms. The summed E-state index contributed by atoms with van der Waals surface area (Å²) >= 11 is 0. The average molecular weight is 235 g/mol. The second-order valence-corrected chi connectivity index (χ2v) is 4.36. The van der Waals surface area contributed by atoms with E-state index in [1.807, 2.05) is 24.3 Å². The van der Waals surface area contributed by atoms with Gasteiger partial charge in [0.2, 0.25) is 0 Å². The Bertz CT molecular complexity index is 377. The van der Waals surface area contributed by atoms with Crippen LogP contribution in [0.1, 0.15) is 25.0 Å². The number of nitrogens with one attached hydrogen (secondary N) is 1. The maximum absolute atomic E-state index is 9.03. The molecule has 0 aliphatic carbocycles. The molecule has 4 N–H and O–H groups in total. The molecular weight excluding hydrogens is 214 g/mol. The Morgan fingerprint density at radius 3 is 2.59 bits per heavy atom. The highest BCUT2D eigenvalue weighted by Crippen LogP contribution is 2.12. The summed E-state index contributed by atoms with van der Waals surface area (Å²) in [5, 5.41) is 16.6. The van der Waals surface area contributed by atoms with Crippen molar-refractivity contribution in [1.82, 2.24) is 4.90 Å². The molecule has 1 aromatic carbocycles. The summed E-state index contributed by atoms with van der Waals surface area (Å²) in [6.45, 7) is 5.65. The van der Waals surface area contributed by atoms with Crippen molar-refractivity contribution in [2.24, 2.45) is 5.73 Å². The lowest BCUT2D eigenvalue weighted by Crippen LogP contribution is -2.33. The lowest BCUT2D eigenvalue weighted by molar-refractivity contribution is 0.159. The zero-order valence-corrected chi connectivity index (χ0v) is 10.5. The molecule has 17 heavy (non-hydrogen) atoms. The molecule has 0 saturated carbocycles. The second-order valence-electron chi connectivity index (χ2n) is 4.36. The summed E-state index contributed by atoms with van der Waals surface area (Å²) in [6.07, 6.45) is 0. The van der Waals surface area contributed by atoms with Crippen LogP contribution < -0.4 is 5.73 Å². The van der Waals surface area contributed by atoms with Gasteiger partial charge in [-0.2, -0.15) is 0 Å². The first-order valence-electron chi connectivity index (χ1n) is 5.83. The van der Waals surface area contributed by atoms with Crippen LogP contribution in [0.25, 0.3) is 0 Å². The summed E-state index contributed by atoms with van der Waals surface area (Å²) in [7, 11) is 0. The van der Waals surface area contributed by atoms with E-state index in [0.717, 1.165) is 11.1 Å². The quantitative estimate of drug-likeness (QED) is 0.512. The number of hydrogen-bond donors (Lipinski definition) is 3. The van der Waals surface area contributed by atoms with Crippen LogP contribution in [0.4, 0.5) is 0 Å². The average Bonchev–Trinajstić information content (AvgIpc) is 2.28. The Kier molecular flexibility index (Phi) is 5.12. The largest absolute Gasteiger partial charge is 0.395 e. The minimum atomic E-state index is 0.0910. The van der Waals surface area contributed by atoms with E-state index in [-0.39, 0.29) is 12.4 Å². The van der Waals surface area contributed by atoms with Crippen molar-refractivity contribution in [3.8, 4) is 0 Å². The lowest BCUT2D eigenvalue weighted by atomic mass is 10.1. The molecule has 94 valence electrons. The zero-order chi connectivity index (χ0) is 12.8. The van der Waals surface area contributed by atoms with Crippen LogP contribution in [0.5, 0.6) is 0 Å². The van der Waals surface area contributed by atoms with Gasteiger partial charge in [0.05, 0.1) is 6.61 Å². The molecule has 0 heterocycles. The number of nitrogens with zero attached hydrogens (tertiary/aromatic N) is 1. The van der Waals surface area contributed by atoms with Gasteiger partial charge in [-0.1, -0.05) is 24.3 Å². The van der Waals surface area contributed by atoms with Crippen molar-refractivity contribution in [3.63, 3.8) is 0 Å². The minimum Gasteiger partial charge on any atom is -0.395 e. The van der Waals surface area contributed by atoms with Crippen LogP contribution in [0, 0.1) is 5.41 Å². The molecule has 0 fully saturated rings. The van der Waals surface area contributed by atoms with Gasteiger partial charge in [0, 0.05) is 24.7 Å². The van der Waals surface area contributed by atoms with E-state index in [9.17, 15) is 0 Å². The topological polar surface area (TPSA) is 73.3 Å². The molecule has 4 nitrogen and oxygen atoms in total. The normalized spacial score (nSPS) is 11.1. The van der Waals surface area contributed by atoms with Crippen molar-refractivity contribution in [1.29, 1.82) is 5.41 Å². The Labute approximate surface area is 103 Å². The number of amidine groups is 1. The van der Waals surface area contributed by atoms with Crippen LogP contribution >= 0.6 is 0 Å². The summed E-state index contributed by atoms with van der Waals surface area (Å²) in [4.78, 5) is 2.15. The zero-order valence-electron chi connectivity index (χ0n) is 10.5. The lowest BCUT2D eigenvalue weighted by Gasteiger charge is -2.26. The predicted octanol–water partition coefficient (Wildman–Crippen LogP) is 1.17. The molecule has 0 amide bonds. The van der Waals surface area contributed by atoms with Crippen molar-refractivity contribution in [3.05, 3.63) is 35.4 Å². The smallest absolute Gasteiger partial charge is 0.123 e. The molecule has 0 aromatic heterocycles. The summed E-state index contributed by atoms with van der Waals surface area (Å²) in [5.41, 5.74) is 7.36. The van der Waals surface area contributed by atoms with Gasteiger partial charge >= 0.3 is 0 Å². The first-order valence-corrected chi connectivity index (χ1v) is 5.83. The number of hydrogen-bond acceptors (Lipinski definition) is 3. The Morgan fingerprint density at radius 1 is 1.41 bits per heavy atom. The number of rotatable bonds is 6. The Morgan fingerprint density at radius 2 is 2.06 bits per heavy atom. The van der Waals surface area contributed by atoms with Gasteiger partial charge in [0.25, 0.3) is 0 Å². The number of benzene rings is 1. The van der Waals surface area contributed by atoms with Crippen molar-refractivity contribution in [2.45, 2.75) is 26.4 Å². The summed E-state index contributed by atoms with van der Waals surface area (Å²) in [6, 6.07) is 8.01.